The highest BCUT2D eigenvalue weighted by molar-refractivity contribution is 6.12. The van der Waals surface area contributed by atoms with Gasteiger partial charge in [-0.05, 0) is 18.8 Å². The van der Waals surface area contributed by atoms with Crippen LogP contribution < -0.4 is 0 Å². The van der Waals surface area contributed by atoms with E-state index in [1.165, 1.54) is 0 Å². The third-order valence-corrected chi connectivity index (χ3v) is 3.05. The first kappa shape index (κ1) is 9.78. The summed E-state index contributed by atoms with van der Waals surface area (Å²) >= 11 is 0. The number of hydrogen-bond acceptors (Lipinski definition) is 3. The van der Waals surface area contributed by atoms with Gasteiger partial charge < -0.3 is 9.84 Å². The van der Waals surface area contributed by atoms with Crippen molar-refractivity contribution in [2.75, 3.05) is 0 Å². The van der Waals surface area contributed by atoms with Crippen LogP contribution in [0, 0.1) is 11.8 Å². The van der Waals surface area contributed by atoms with Gasteiger partial charge in [0.2, 0.25) is 0 Å². The molecule has 0 unspecified atom stereocenters. The molecule has 0 amide bonds. The van der Waals surface area contributed by atoms with Crippen molar-refractivity contribution in [1.82, 2.24) is 0 Å². The molecule has 0 aromatic carbocycles. The molecule has 1 aliphatic carbocycles. The second-order valence-electron chi connectivity index (χ2n) is 4.01. The van der Waals surface area contributed by atoms with Gasteiger partial charge >= 0.3 is 5.97 Å². The molecule has 1 saturated heterocycles. The van der Waals surface area contributed by atoms with Gasteiger partial charge in [-0.1, -0.05) is 12.2 Å². The molecule has 2 rings (SSSR count). The first-order valence-electron chi connectivity index (χ1n) is 4.98. The molecule has 14 heavy (non-hydrogen) atoms. The summed E-state index contributed by atoms with van der Waals surface area (Å²) in [6.07, 6.45) is 6.07. The number of aliphatic hydroxyl groups excluding tert-OH is 1. The van der Waals surface area contributed by atoms with Crippen molar-refractivity contribution in [1.29, 1.82) is 0 Å². The maximum atomic E-state index is 11.0. The summed E-state index contributed by atoms with van der Waals surface area (Å²) < 4.78 is 5.16. The molecule has 3 nitrogen and oxygen atoms in total. The molecule has 2 aliphatic rings. The summed E-state index contributed by atoms with van der Waals surface area (Å²) in [4.78, 5) is 11.0. The molecular weight excluding hydrogens is 179 g/mol. The Morgan fingerprint density at radius 1 is 1.57 bits per heavy atom. The second-order valence-corrected chi connectivity index (χ2v) is 4.01. The largest absolute Gasteiger partial charge is 0.462 e. The van der Waals surface area contributed by atoms with E-state index in [2.05, 4.69) is 0 Å². The molecule has 2 radical (unpaired) electrons. The average Bonchev–Trinajstić information content (AvgIpc) is 2.60. The number of hydrogen-bond donors (Lipinski definition) is 1. The van der Waals surface area contributed by atoms with E-state index in [4.69, 9.17) is 17.7 Å². The van der Waals surface area contributed by atoms with Gasteiger partial charge in [0.25, 0.3) is 0 Å². The lowest BCUT2D eigenvalue weighted by atomic mass is 9.90. The Labute approximate surface area is 84.5 Å². The quantitative estimate of drug-likeness (QED) is 0.390. The lowest BCUT2D eigenvalue weighted by Gasteiger charge is -2.11. The van der Waals surface area contributed by atoms with Crippen LogP contribution in [0.3, 0.4) is 0 Å². The molecule has 4 atom stereocenters. The number of esters is 1. The molecule has 0 aromatic rings. The van der Waals surface area contributed by atoms with Crippen LogP contribution in [0.4, 0.5) is 0 Å². The molecule has 4 heteroatoms. The highest BCUT2D eigenvalue weighted by atomic mass is 16.5. The normalized spacial score (nSPS) is 38.6. The SMILES string of the molecule is [B][C@@H](O)/C=C/[C@H]1CC[C@@H]2OC(=O)C[C@@H]21. The Morgan fingerprint density at radius 3 is 3.07 bits per heavy atom. The van der Waals surface area contributed by atoms with E-state index in [1.54, 1.807) is 6.08 Å². The number of ether oxygens (including phenoxy) is 1. The molecule has 74 valence electrons. The van der Waals surface area contributed by atoms with E-state index in [0.29, 0.717) is 18.3 Å². The molecule has 0 spiro atoms. The van der Waals surface area contributed by atoms with E-state index in [1.807, 2.05) is 6.08 Å². The summed E-state index contributed by atoms with van der Waals surface area (Å²) in [5.74, 6) is 0.550. The molecular formula is C10H13BO3. The lowest BCUT2D eigenvalue weighted by Crippen LogP contribution is -2.12. The molecule has 0 bridgehead atoms. The van der Waals surface area contributed by atoms with Crippen LogP contribution in [0.25, 0.3) is 0 Å². The van der Waals surface area contributed by atoms with Crippen LogP contribution in [0.1, 0.15) is 19.3 Å². The predicted octanol–water partition coefficient (Wildman–Crippen LogP) is 0.371. The molecule has 1 saturated carbocycles. The van der Waals surface area contributed by atoms with Crippen molar-refractivity contribution >= 4 is 13.8 Å². The smallest absolute Gasteiger partial charge is 0.306 e. The maximum Gasteiger partial charge on any atom is 0.306 e. The van der Waals surface area contributed by atoms with Crippen LogP contribution in [-0.4, -0.2) is 31.0 Å². The van der Waals surface area contributed by atoms with Crippen molar-refractivity contribution in [2.45, 2.75) is 31.4 Å². The Hall–Kier alpha value is -0.765. The van der Waals surface area contributed by atoms with Crippen molar-refractivity contribution in [3.8, 4) is 0 Å². The van der Waals surface area contributed by atoms with Crippen LogP contribution in [0.2, 0.25) is 0 Å². The second kappa shape index (κ2) is 3.77. The lowest BCUT2D eigenvalue weighted by molar-refractivity contribution is -0.141. The van der Waals surface area contributed by atoms with E-state index in [-0.39, 0.29) is 12.1 Å². The number of allylic oxidation sites excluding steroid dienone is 1. The summed E-state index contributed by atoms with van der Waals surface area (Å²) in [5, 5.41) is 8.90. The van der Waals surface area contributed by atoms with E-state index < -0.39 is 6.00 Å². The van der Waals surface area contributed by atoms with E-state index in [9.17, 15) is 4.79 Å². The van der Waals surface area contributed by atoms with Gasteiger partial charge in [0.05, 0.1) is 6.42 Å². The van der Waals surface area contributed by atoms with Gasteiger partial charge in [0, 0.05) is 11.9 Å². The molecule has 0 aromatic heterocycles. The minimum absolute atomic E-state index is 0.0913. The Bertz CT molecular complexity index is 262. The van der Waals surface area contributed by atoms with E-state index >= 15 is 0 Å². The molecule has 1 heterocycles. The number of aliphatic hydroxyl groups is 1. The van der Waals surface area contributed by atoms with Gasteiger partial charge in [-0.25, -0.2) is 0 Å². The fourth-order valence-electron chi connectivity index (χ4n) is 2.39. The Kier molecular flexibility index (Phi) is 2.63. The Balaban J connectivity index is 1.98. The first-order chi connectivity index (χ1) is 6.66. The van der Waals surface area contributed by atoms with Crippen molar-refractivity contribution < 1.29 is 14.6 Å². The zero-order valence-electron chi connectivity index (χ0n) is 7.93. The highest BCUT2D eigenvalue weighted by Gasteiger charge is 2.43. The minimum Gasteiger partial charge on any atom is -0.462 e. The van der Waals surface area contributed by atoms with Gasteiger partial charge in [-0.15, -0.1) is 0 Å². The zero-order chi connectivity index (χ0) is 10.1. The predicted molar refractivity (Wildman–Crippen MR) is 51.6 cm³/mol. The fourth-order valence-corrected chi connectivity index (χ4v) is 2.39. The van der Waals surface area contributed by atoms with Crippen LogP contribution in [0.5, 0.6) is 0 Å². The van der Waals surface area contributed by atoms with Gasteiger partial charge in [-0.3, -0.25) is 4.79 Å². The van der Waals surface area contributed by atoms with Gasteiger partial charge in [0.1, 0.15) is 14.0 Å². The highest BCUT2D eigenvalue weighted by Crippen LogP contribution is 2.41. The third kappa shape index (κ3) is 1.85. The minimum atomic E-state index is -0.896. The number of carbonyl (C=O) groups excluding carboxylic acids is 1. The van der Waals surface area contributed by atoms with E-state index in [0.717, 1.165) is 12.8 Å². The van der Waals surface area contributed by atoms with Crippen LogP contribution >= 0.6 is 0 Å². The van der Waals surface area contributed by atoms with Crippen molar-refractivity contribution in [3.63, 3.8) is 0 Å². The molecule has 2 fully saturated rings. The molecule has 1 N–H and O–H groups in total. The first-order valence-corrected chi connectivity index (χ1v) is 4.98. The summed E-state index contributed by atoms with van der Waals surface area (Å²) in [6, 6.07) is -0.896. The number of fused-ring (bicyclic) bond motifs is 1. The van der Waals surface area contributed by atoms with Gasteiger partial charge in [0.15, 0.2) is 0 Å². The summed E-state index contributed by atoms with van der Waals surface area (Å²) in [5.41, 5.74) is 0. The number of carbonyl (C=O) groups is 1. The maximum absolute atomic E-state index is 11.0. The third-order valence-electron chi connectivity index (χ3n) is 3.05. The van der Waals surface area contributed by atoms with Crippen LogP contribution in [0.15, 0.2) is 12.2 Å². The van der Waals surface area contributed by atoms with Crippen molar-refractivity contribution in [2.24, 2.45) is 11.8 Å². The molecule has 1 aliphatic heterocycles. The Morgan fingerprint density at radius 2 is 2.36 bits per heavy atom. The fraction of sp³-hybridized carbons (Fsp3) is 0.700. The number of rotatable bonds is 2. The summed E-state index contributed by atoms with van der Waals surface area (Å²) in [6.45, 7) is 0. The monoisotopic (exact) mass is 192 g/mol. The van der Waals surface area contributed by atoms with Gasteiger partial charge in [-0.2, -0.15) is 0 Å². The summed E-state index contributed by atoms with van der Waals surface area (Å²) in [7, 11) is 5.21. The van der Waals surface area contributed by atoms with Crippen LogP contribution in [-0.2, 0) is 9.53 Å². The standard InChI is InChI=1S/C10H13BO3/c11-9(12)4-2-6-1-3-8-7(6)5-10(13)14-8/h2,4,6-9,12H,1,3,5H2/b4-2+/t6-,7-,8+,9+/m1/s1. The average molecular weight is 192 g/mol. The van der Waals surface area contributed by atoms with Crippen molar-refractivity contribution in [3.05, 3.63) is 12.2 Å². The zero-order valence-corrected chi connectivity index (χ0v) is 7.93. The topological polar surface area (TPSA) is 46.5 Å².